The quantitative estimate of drug-likeness (QED) is 0.847. The minimum Gasteiger partial charge on any atom is -0.443 e. The Hall–Kier alpha value is -2.17. The highest BCUT2D eigenvalue weighted by molar-refractivity contribution is 5.89. The van der Waals surface area contributed by atoms with Gasteiger partial charge in [-0.15, -0.1) is 0 Å². The summed E-state index contributed by atoms with van der Waals surface area (Å²) in [4.78, 5) is 22.8. The van der Waals surface area contributed by atoms with Crippen LogP contribution in [0.3, 0.4) is 0 Å². The van der Waals surface area contributed by atoms with E-state index in [0.717, 1.165) is 18.2 Å². The molecule has 1 fully saturated rings. The molecule has 0 aromatic carbocycles. The molecular weight excluding hydrogens is 266 g/mol. The maximum Gasteiger partial charge on any atom is 0.416 e. The van der Waals surface area contributed by atoms with Crippen molar-refractivity contribution in [3.05, 3.63) is 30.5 Å². The van der Waals surface area contributed by atoms with Crippen molar-refractivity contribution in [3.8, 4) is 0 Å². The van der Waals surface area contributed by atoms with Gasteiger partial charge in [0, 0.05) is 17.6 Å². The molecule has 2 heterocycles. The van der Waals surface area contributed by atoms with E-state index >= 15 is 0 Å². The molecule has 0 radical (unpaired) electrons. The molecule has 0 unspecified atom stereocenters. The smallest absolute Gasteiger partial charge is 0.416 e. The lowest BCUT2D eigenvalue weighted by Gasteiger charge is -2.26. The van der Waals surface area contributed by atoms with Crippen LogP contribution >= 0.6 is 0 Å². The number of nitrogens with zero attached hydrogens (tertiary/aromatic N) is 3. The molecule has 5 heteroatoms. The standard InChI is InChI=1S/C16H19N3O2/c1-16(2,3)21-15(20)19(12-7-8-12)13-9-6-11-5-4-10-17-14(11)18-13/h4-6,9-10,12H,7-8H2,1-3H3. The molecule has 3 rings (SSSR count). The van der Waals surface area contributed by atoms with E-state index < -0.39 is 5.60 Å². The Labute approximate surface area is 124 Å². The number of carbonyl (C=O) groups is 1. The Morgan fingerprint density at radius 1 is 1.29 bits per heavy atom. The highest BCUT2D eigenvalue weighted by Gasteiger charge is 2.37. The normalized spacial score (nSPS) is 15.0. The van der Waals surface area contributed by atoms with Crippen LogP contribution in [0.2, 0.25) is 0 Å². The summed E-state index contributed by atoms with van der Waals surface area (Å²) in [7, 11) is 0. The molecule has 0 saturated heterocycles. The zero-order valence-corrected chi connectivity index (χ0v) is 12.5. The van der Waals surface area contributed by atoms with Gasteiger partial charge in [-0.05, 0) is 57.9 Å². The van der Waals surface area contributed by atoms with Gasteiger partial charge in [0.15, 0.2) is 5.65 Å². The zero-order chi connectivity index (χ0) is 15.0. The Kier molecular flexibility index (Phi) is 3.27. The molecule has 1 saturated carbocycles. The van der Waals surface area contributed by atoms with Crippen LogP contribution in [-0.4, -0.2) is 27.7 Å². The van der Waals surface area contributed by atoms with Crippen molar-refractivity contribution in [1.82, 2.24) is 9.97 Å². The van der Waals surface area contributed by atoms with E-state index in [9.17, 15) is 4.79 Å². The lowest BCUT2D eigenvalue weighted by molar-refractivity contribution is 0.0576. The van der Waals surface area contributed by atoms with Gasteiger partial charge in [-0.2, -0.15) is 0 Å². The van der Waals surface area contributed by atoms with Crippen molar-refractivity contribution >= 4 is 22.9 Å². The molecule has 0 aliphatic heterocycles. The van der Waals surface area contributed by atoms with E-state index in [2.05, 4.69) is 9.97 Å². The summed E-state index contributed by atoms with van der Waals surface area (Å²) in [5.74, 6) is 0.609. The first-order chi connectivity index (χ1) is 9.94. The van der Waals surface area contributed by atoms with Crippen molar-refractivity contribution in [3.63, 3.8) is 0 Å². The number of fused-ring (bicyclic) bond motifs is 1. The van der Waals surface area contributed by atoms with Gasteiger partial charge < -0.3 is 4.74 Å². The predicted octanol–water partition coefficient (Wildman–Crippen LogP) is 3.53. The monoisotopic (exact) mass is 285 g/mol. The second kappa shape index (κ2) is 4.98. The summed E-state index contributed by atoms with van der Waals surface area (Å²) in [6.45, 7) is 5.60. The number of carbonyl (C=O) groups excluding carboxylic acids is 1. The summed E-state index contributed by atoms with van der Waals surface area (Å²) < 4.78 is 5.49. The molecule has 5 nitrogen and oxygen atoms in total. The molecule has 21 heavy (non-hydrogen) atoms. The molecule has 2 aromatic rings. The summed E-state index contributed by atoms with van der Waals surface area (Å²) in [5.41, 5.74) is 0.128. The highest BCUT2D eigenvalue weighted by Crippen LogP contribution is 2.32. The molecule has 0 bridgehead atoms. The van der Waals surface area contributed by atoms with E-state index in [1.807, 2.05) is 45.0 Å². The van der Waals surface area contributed by atoms with Gasteiger partial charge in [0.2, 0.25) is 0 Å². The topological polar surface area (TPSA) is 55.3 Å². The number of ether oxygens (including phenoxy) is 1. The average Bonchev–Trinajstić information content (AvgIpc) is 3.21. The predicted molar refractivity (Wildman–Crippen MR) is 81.3 cm³/mol. The summed E-state index contributed by atoms with van der Waals surface area (Å²) >= 11 is 0. The highest BCUT2D eigenvalue weighted by atomic mass is 16.6. The number of aromatic nitrogens is 2. The largest absolute Gasteiger partial charge is 0.443 e. The fourth-order valence-electron chi connectivity index (χ4n) is 2.15. The van der Waals surface area contributed by atoms with E-state index in [4.69, 9.17) is 4.74 Å². The first kappa shape index (κ1) is 13.8. The third-order valence-corrected chi connectivity index (χ3v) is 3.20. The second-order valence-corrected chi connectivity index (χ2v) is 6.30. The van der Waals surface area contributed by atoms with Crippen molar-refractivity contribution in [1.29, 1.82) is 0 Å². The molecular formula is C16H19N3O2. The second-order valence-electron chi connectivity index (χ2n) is 6.30. The Bertz CT molecular complexity index is 675. The van der Waals surface area contributed by atoms with Crippen LogP contribution in [0.4, 0.5) is 10.6 Å². The number of pyridine rings is 2. The molecule has 0 N–H and O–H groups in total. The third kappa shape index (κ3) is 3.12. The fourth-order valence-corrected chi connectivity index (χ4v) is 2.15. The van der Waals surface area contributed by atoms with Gasteiger partial charge in [-0.1, -0.05) is 0 Å². The van der Waals surface area contributed by atoms with Gasteiger partial charge in [0.05, 0.1) is 0 Å². The number of hydrogen-bond donors (Lipinski definition) is 0. The van der Waals surface area contributed by atoms with Crippen LogP contribution in [0.15, 0.2) is 30.5 Å². The molecule has 1 amide bonds. The van der Waals surface area contributed by atoms with Crippen LogP contribution in [-0.2, 0) is 4.74 Å². The third-order valence-electron chi connectivity index (χ3n) is 3.20. The van der Waals surface area contributed by atoms with E-state index in [1.54, 1.807) is 11.1 Å². The van der Waals surface area contributed by atoms with Crippen LogP contribution in [0.1, 0.15) is 33.6 Å². The van der Waals surface area contributed by atoms with E-state index in [1.165, 1.54) is 0 Å². The van der Waals surface area contributed by atoms with Crippen LogP contribution in [0, 0.1) is 0 Å². The number of hydrogen-bond acceptors (Lipinski definition) is 4. The molecule has 2 aromatic heterocycles. The molecule has 1 aliphatic rings. The minimum absolute atomic E-state index is 0.188. The number of anilines is 1. The lowest BCUT2D eigenvalue weighted by Crippen LogP contribution is -2.38. The van der Waals surface area contributed by atoms with Gasteiger partial charge in [0.25, 0.3) is 0 Å². The van der Waals surface area contributed by atoms with Gasteiger partial charge in [0.1, 0.15) is 11.4 Å². The van der Waals surface area contributed by atoms with Crippen molar-refractivity contribution in [2.45, 2.75) is 45.3 Å². The Morgan fingerprint density at radius 2 is 2.05 bits per heavy atom. The number of amides is 1. The summed E-state index contributed by atoms with van der Waals surface area (Å²) in [5, 5.41) is 0.959. The van der Waals surface area contributed by atoms with Crippen LogP contribution < -0.4 is 4.90 Å². The molecule has 1 aliphatic carbocycles. The zero-order valence-electron chi connectivity index (χ0n) is 12.5. The maximum absolute atomic E-state index is 12.4. The van der Waals surface area contributed by atoms with Crippen molar-refractivity contribution in [2.24, 2.45) is 0 Å². The number of rotatable bonds is 2. The SMILES string of the molecule is CC(C)(C)OC(=O)N(c1ccc2cccnc2n1)C1CC1. The lowest BCUT2D eigenvalue weighted by atomic mass is 10.2. The fraction of sp³-hybridized carbons (Fsp3) is 0.438. The first-order valence-corrected chi connectivity index (χ1v) is 7.18. The van der Waals surface area contributed by atoms with Crippen molar-refractivity contribution < 1.29 is 9.53 Å². The summed E-state index contributed by atoms with van der Waals surface area (Å²) in [6, 6.07) is 7.80. The van der Waals surface area contributed by atoms with Gasteiger partial charge in [-0.3, -0.25) is 4.90 Å². The minimum atomic E-state index is -0.515. The van der Waals surface area contributed by atoms with Crippen molar-refractivity contribution in [2.75, 3.05) is 4.90 Å². The van der Waals surface area contributed by atoms with Gasteiger partial charge >= 0.3 is 6.09 Å². The first-order valence-electron chi connectivity index (χ1n) is 7.18. The molecule has 0 spiro atoms. The van der Waals surface area contributed by atoms with Crippen LogP contribution in [0.25, 0.3) is 11.0 Å². The Balaban J connectivity index is 1.94. The van der Waals surface area contributed by atoms with E-state index in [0.29, 0.717) is 11.5 Å². The van der Waals surface area contributed by atoms with Crippen LogP contribution in [0.5, 0.6) is 0 Å². The maximum atomic E-state index is 12.4. The van der Waals surface area contributed by atoms with E-state index in [-0.39, 0.29) is 12.1 Å². The average molecular weight is 285 g/mol. The summed E-state index contributed by atoms with van der Waals surface area (Å²) in [6.07, 6.45) is 3.34. The Morgan fingerprint density at radius 3 is 2.71 bits per heavy atom. The van der Waals surface area contributed by atoms with Gasteiger partial charge in [-0.25, -0.2) is 14.8 Å². The molecule has 0 atom stereocenters. The molecule has 110 valence electrons.